The smallest absolute Gasteiger partial charge is 0.410 e. The Balaban J connectivity index is 1.35. The highest BCUT2D eigenvalue weighted by molar-refractivity contribution is 5.74. The Labute approximate surface area is 210 Å². The molecule has 1 saturated heterocycles. The maximum Gasteiger partial charge on any atom is 0.410 e. The van der Waals surface area contributed by atoms with Crippen LogP contribution in [0.3, 0.4) is 0 Å². The summed E-state index contributed by atoms with van der Waals surface area (Å²) in [6.07, 6.45) is 0.0675. The molecule has 0 radical (unpaired) electrons. The van der Waals surface area contributed by atoms with Gasteiger partial charge in [0.2, 0.25) is 5.89 Å². The molecule has 2 heterocycles. The highest BCUT2D eigenvalue weighted by Crippen LogP contribution is 2.29. The first kappa shape index (κ1) is 25.3. The summed E-state index contributed by atoms with van der Waals surface area (Å²) in [5, 5.41) is 9.70. The fourth-order valence-corrected chi connectivity index (χ4v) is 4.28. The van der Waals surface area contributed by atoms with Gasteiger partial charge in [0.25, 0.3) is 0 Å². The predicted molar refractivity (Wildman–Crippen MR) is 134 cm³/mol. The van der Waals surface area contributed by atoms with Crippen LogP contribution >= 0.6 is 0 Å². The van der Waals surface area contributed by atoms with Gasteiger partial charge in [-0.05, 0) is 69.9 Å². The number of aryl methyl sites for hydroxylation is 1. The normalized spacial score (nSPS) is 17.7. The highest BCUT2D eigenvalue weighted by atomic mass is 16.6. The summed E-state index contributed by atoms with van der Waals surface area (Å²) < 4.78 is 17.1. The SMILES string of the molecule is Cc1oc(-c2ccccc2)nc1COc1ccc(C[C@@H]2CN(C(=O)OC(C)(C)C)C[C@@H]2C(=O)O)cc1. The average Bonchev–Trinajstić information content (AvgIpc) is 3.42. The minimum Gasteiger partial charge on any atom is -0.487 e. The number of aromatic nitrogens is 1. The summed E-state index contributed by atoms with van der Waals surface area (Å²) >= 11 is 0. The molecule has 1 aliphatic heterocycles. The van der Waals surface area contributed by atoms with Crippen LogP contribution in [-0.4, -0.2) is 45.7 Å². The Bertz CT molecular complexity index is 1200. The van der Waals surface area contributed by atoms with Gasteiger partial charge in [0.15, 0.2) is 0 Å². The van der Waals surface area contributed by atoms with Crippen LogP contribution < -0.4 is 4.74 Å². The van der Waals surface area contributed by atoms with Crippen molar-refractivity contribution in [2.24, 2.45) is 11.8 Å². The van der Waals surface area contributed by atoms with Crippen molar-refractivity contribution in [2.45, 2.75) is 46.3 Å². The van der Waals surface area contributed by atoms with Crippen molar-refractivity contribution in [1.29, 1.82) is 0 Å². The van der Waals surface area contributed by atoms with Gasteiger partial charge in [0, 0.05) is 18.7 Å². The summed E-state index contributed by atoms with van der Waals surface area (Å²) in [6, 6.07) is 17.3. The van der Waals surface area contributed by atoms with E-state index in [2.05, 4.69) is 4.98 Å². The number of carboxylic acid groups (broad SMARTS) is 1. The molecule has 1 N–H and O–H groups in total. The molecule has 0 unspecified atom stereocenters. The zero-order valence-corrected chi connectivity index (χ0v) is 21.1. The number of aliphatic carboxylic acids is 1. The number of ether oxygens (including phenoxy) is 2. The van der Waals surface area contributed by atoms with Crippen molar-refractivity contribution >= 4 is 12.1 Å². The summed E-state index contributed by atoms with van der Waals surface area (Å²) in [6.45, 7) is 8.02. The number of hydrogen-bond acceptors (Lipinski definition) is 6. The Morgan fingerprint density at radius 1 is 1.08 bits per heavy atom. The summed E-state index contributed by atoms with van der Waals surface area (Å²) in [4.78, 5) is 30.3. The van der Waals surface area contributed by atoms with E-state index in [1.165, 1.54) is 4.90 Å². The number of carboxylic acids is 1. The van der Waals surface area contributed by atoms with Gasteiger partial charge in [0.05, 0.1) is 5.92 Å². The van der Waals surface area contributed by atoms with Crippen molar-refractivity contribution < 1.29 is 28.6 Å². The Morgan fingerprint density at radius 3 is 2.42 bits per heavy atom. The van der Waals surface area contributed by atoms with Gasteiger partial charge in [-0.25, -0.2) is 9.78 Å². The standard InChI is InChI=1S/C28H32N2O6/c1-18-24(29-25(35-18)20-8-6-5-7-9-20)17-34-22-12-10-19(11-13-22)14-21-15-30(16-23(21)26(31)32)27(33)36-28(2,3)4/h5-13,21,23H,14-17H2,1-4H3,(H,31,32)/t21-,23+/m1/s1. The second kappa shape index (κ2) is 10.4. The van der Waals surface area contributed by atoms with Crippen LogP contribution in [0.15, 0.2) is 59.0 Å². The van der Waals surface area contributed by atoms with E-state index in [9.17, 15) is 14.7 Å². The lowest BCUT2D eigenvalue weighted by Gasteiger charge is -2.24. The number of carbonyl (C=O) groups is 2. The molecule has 4 rings (SSSR count). The van der Waals surface area contributed by atoms with Crippen molar-refractivity contribution in [3.05, 3.63) is 71.6 Å². The number of oxazole rings is 1. The molecular formula is C28H32N2O6. The lowest BCUT2D eigenvalue weighted by Crippen LogP contribution is -2.36. The molecule has 0 bridgehead atoms. The highest BCUT2D eigenvalue weighted by Gasteiger charge is 2.40. The van der Waals surface area contributed by atoms with Gasteiger partial charge >= 0.3 is 12.1 Å². The lowest BCUT2D eigenvalue weighted by atomic mass is 9.90. The van der Waals surface area contributed by atoms with E-state index >= 15 is 0 Å². The molecule has 36 heavy (non-hydrogen) atoms. The van der Waals surface area contributed by atoms with Crippen LogP contribution in [0, 0.1) is 18.8 Å². The number of hydrogen-bond donors (Lipinski definition) is 1. The molecule has 3 aromatic rings. The minimum atomic E-state index is -0.899. The largest absolute Gasteiger partial charge is 0.487 e. The first-order chi connectivity index (χ1) is 17.1. The van der Waals surface area contributed by atoms with Crippen molar-refractivity contribution in [2.75, 3.05) is 13.1 Å². The van der Waals surface area contributed by atoms with Crippen molar-refractivity contribution in [3.63, 3.8) is 0 Å². The van der Waals surface area contributed by atoms with Crippen LogP contribution in [0.4, 0.5) is 4.79 Å². The van der Waals surface area contributed by atoms with E-state index in [0.717, 1.165) is 16.8 Å². The van der Waals surface area contributed by atoms with Gasteiger partial charge in [0.1, 0.15) is 29.4 Å². The Kier molecular flexibility index (Phi) is 7.33. The second-order valence-electron chi connectivity index (χ2n) is 10.1. The monoisotopic (exact) mass is 492 g/mol. The third-order valence-electron chi connectivity index (χ3n) is 6.12. The van der Waals surface area contributed by atoms with Gasteiger partial charge < -0.3 is 23.9 Å². The second-order valence-corrected chi connectivity index (χ2v) is 10.1. The molecule has 1 aliphatic rings. The zero-order valence-electron chi connectivity index (χ0n) is 21.1. The van der Waals surface area contributed by atoms with E-state index in [4.69, 9.17) is 13.9 Å². The molecule has 0 spiro atoms. The molecule has 190 valence electrons. The zero-order chi connectivity index (χ0) is 25.9. The van der Waals surface area contributed by atoms with Gasteiger partial charge in [-0.2, -0.15) is 0 Å². The molecule has 1 fully saturated rings. The van der Waals surface area contributed by atoms with Crippen LogP contribution in [-0.2, 0) is 22.6 Å². The molecule has 8 heteroatoms. The topological polar surface area (TPSA) is 102 Å². The predicted octanol–water partition coefficient (Wildman–Crippen LogP) is 5.34. The number of likely N-dealkylation sites (tertiary alicyclic amines) is 1. The number of benzene rings is 2. The molecule has 8 nitrogen and oxygen atoms in total. The third kappa shape index (κ3) is 6.24. The van der Waals surface area contributed by atoms with E-state index in [-0.39, 0.29) is 19.1 Å². The minimum absolute atomic E-state index is 0.151. The number of rotatable bonds is 7. The van der Waals surface area contributed by atoms with Crippen LogP contribution in [0.25, 0.3) is 11.5 Å². The summed E-state index contributed by atoms with van der Waals surface area (Å²) in [5.41, 5.74) is 1.99. The van der Waals surface area contributed by atoms with Gasteiger partial charge in [-0.15, -0.1) is 0 Å². The van der Waals surface area contributed by atoms with Crippen LogP contribution in [0.2, 0.25) is 0 Å². The van der Waals surface area contributed by atoms with Crippen LogP contribution in [0.1, 0.15) is 37.8 Å². The molecule has 0 aliphatic carbocycles. The fourth-order valence-electron chi connectivity index (χ4n) is 4.28. The maximum atomic E-state index is 12.4. The van der Waals surface area contributed by atoms with E-state index in [1.54, 1.807) is 20.8 Å². The quantitative estimate of drug-likeness (QED) is 0.475. The van der Waals surface area contributed by atoms with Crippen molar-refractivity contribution in [3.8, 4) is 17.2 Å². The summed E-state index contributed by atoms with van der Waals surface area (Å²) in [7, 11) is 0. The third-order valence-corrected chi connectivity index (χ3v) is 6.12. The maximum absolute atomic E-state index is 12.4. The summed E-state index contributed by atoms with van der Waals surface area (Å²) in [5.74, 6) is 0.217. The van der Waals surface area contributed by atoms with Gasteiger partial charge in [-0.1, -0.05) is 30.3 Å². The fraction of sp³-hybridized carbons (Fsp3) is 0.393. The van der Waals surface area contributed by atoms with Crippen molar-refractivity contribution in [1.82, 2.24) is 9.88 Å². The molecule has 2 aromatic carbocycles. The lowest BCUT2D eigenvalue weighted by molar-refractivity contribution is -0.142. The average molecular weight is 493 g/mol. The van der Waals surface area contributed by atoms with E-state index in [1.807, 2.05) is 61.5 Å². The Hall–Kier alpha value is -3.81. The number of carbonyl (C=O) groups excluding carboxylic acids is 1. The molecule has 1 aromatic heterocycles. The van der Waals surface area contributed by atoms with Crippen LogP contribution in [0.5, 0.6) is 5.75 Å². The number of nitrogens with zero attached hydrogens (tertiary/aromatic N) is 2. The molecule has 1 amide bonds. The first-order valence-electron chi connectivity index (χ1n) is 12.0. The van der Waals surface area contributed by atoms with E-state index in [0.29, 0.717) is 30.4 Å². The molecule has 0 saturated carbocycles. The number of amides is 1. The molecule has 2 atom stereocenters. The first-order valence-corrected chi connectivity index (χ1v) is 12.0. The van der Waals surface area contributed by atoms with E-state index < -0.39 is 23.6 Å². The Morgan fingerprint density at radius 2 is 1.78 bits per heavy atom. The molecular weight excluding hydrogens is 460 g/mol. The van der Waals surface area contributed by atoms with Gasteiger partial charge in [-0.3, -0.25) is 4.79 Å².